The third kappa shape index (κ3) is 3.84. The van der Waals surface area contributed by atoms with E-state index in [0.717, 1.165) is 16.6 Å². The lowest BCUT2D eigenvalue weighted by Crippen LogP contribution is -2.33. The summed E-state index contributed by atoms with van der Waals surface area (Å²) in [4.78, 5) is 0. The zero-order valence-electron chi connectivity index (χ0n) is 11.7. The molecule has 0 atom stereocenters. The largest absolute Gasteiger partial charge is 0.0918 e. The first kappa shape index (κ1) is 16.2. The fraction of sp³-hybridized carbons (Fsp3) is 0.625. The minimum Gasteiger partial charge on any atom is -0.0918 e. The molecule has 0 aliphatic rings. The Morgan fingerprint density at radius 1 is 1.11 bits per heavy atom. The van der Waals surface area contributed by atoms with Gasteiger partial charge in [-0.25, -0.2) is 0 Å². The molecule has 0 heterocycles. The van der Waals surface area contributed by atoms with Gasteiger partial charge in [0.1, 0.15) is 0 Å². The molecule has 0 N–H and O–H groups in total. The molecule has 102 valence electrons. The molecular formula is C16H24Br2. The third-order valence-corrected chi connectivity index (χ3v) is 6.12. The molecule has 1 aromatic carbocycles. The summed E-state index contributed by atoms with van der Waals surface area (Å²) in [6.07, 6.45) is 3.79. The van der Waals surface area contributed by atoms with Gasteiger partial charge in [-0.2, -0.15) is 0 Å². The average Bonchev–Trinajstić information content (AvgIpc) is 2.41. The lowest BCUT2D eigenvalue weighted by Gasteiger charge is -2.34. The Hall–Kier alpha value is 0.180. The molecule has 0 aromatic heterocycles. The predicted octanol–water partition coefficient (Wildman–Crippen LogP) is 5.85. The van der Waals surface area contributed by atoms with E-state index in [1.807, 2.05) is 0 Å². The number of rotatable bonds is 7. The van der Waals surface area contributed by atoms with Gasteiger partial charge in [-0.1, -0.05) is 88.4 Å². The lowest BCUT2D eigenvalue weighted by atomic mass is 9.75. The van der Waals surface area contributed by atoms with Gasteiger partial charge < -0.3 is 0 Å². The fourth-order valence-electron chi connectivity index (χ4n) is 2.52. The van der Waals surface area contributed by atoms with Crippen molar-refractivity contribution < 1.29 is 0 Å². The highest BCUT2D eigenvalue weighted by Gasteiger charge is 2.32. The standard InChI is InChI=1S/C16H24Br2/c1-4-14(5-2)10-16(11-17,12-18)15-8-6-7-13(3)9-15/h6-9,14H,4-5,10-12H2,1-3H3. The molecule has 1 aromatic rings. The molecule has 2 heteroatoms. The summed E-state index contributed by atoms with van der Waals surface area (Å²) in [5.41, 5.74) is 3.04. The highest BCUT2D eigenvalue weighted by Crippen LogP contribution is 2.37. The van der Waals surface area contributed by atoms with Crippen LogP contribution in [0, 0.1) is 12.8 Å². The maximum absolute atomic E-state index is 3.75. The van der Waals surface area contributed by atoms with Crippen LogP contribution in [0.4, 0.5) is 0 Å². The molecular weight excluding hydrogens is 352 g/mol. The van der Waals surface area contributed by atoms with Gasteiger partial charge in [0.25, 0.3) is 0 Å². The van der Waals surface area contributed by atoms with Gasteiger partial charge in [-0.05, 0) is 24.8 Å². The van der Waals surface area contributed by atoms with Gasteiger partial charge >= 0.3 is 0 Å². The van der Waals surface area contributed by atoms with E-state index >= 15 is 0 Å². The van der Waals surface area contributed by atoms with Crippen LogP contribution in [0.15, 0.2) is 24.3 Å². The fourth-order valence-corrected chi connectivity index (χ4v) is 4.56. The molecule has 1 rings (SSSR count). The second-order valence-electron chi connectivity index (χ2n) is 5.30. The Balaban J connectivity index is 3.06. The van der Waals surface area contributed by atoms with Crippen molar-refractivity contribution in [2.24, 2.45) is 5.92 Å². The van der Waals surface area contributed by atoms with Crippen LogP contribution in [0.5, 0.6) is 0 Å². The molecule has 0 saturated carbocycles. The van der Waals surface area contributed by atoms with Crippen LogP contribution in [0.3, 0.4) is 0 Å². The van der Waals surface area contributed by atoms with E-state index in [0.29, 0.717) is 0 Å². The van der Waals surface area contributed by atoms with Crippen LogP contribution in [-0.2, 0) is 5.41 Å². The third-order valence-electron chi connectivity index (χ3n) is 3.98. The van der Waals surface area contributed by atoms with Crippen LogP contribution in [0.25, 0.3) is 0 Å². The van der Waals surface area contributed by atoms with Crippen LogP contribution in [0.1, 0.15) is 44.2 Å². The van der Waals surface area contributed by atoms with E-state index in [2.05, 4.69) is 76.9 Å². The maximum Gasteiger partial charge on any atom is 0.0149 e. The van der Waals surface area contributed by atoms with Gasteiger partial charge in [0.15, 0.2) is 0 Å². The molecule has 0 saturated heterocycles. The number of halogens is 2. The van der Waals surface area contributed by atoms with Crippen molar-refractivity contribution in [3.8, 4) is 0 Å². The van der Waals surface area contributed by atoms with Gasteiger partial charge in [0.2, 0.25) is 0 Å². The monoisotopic (exact) mass is 374 g/mol. The number of hydrogen-bond acceptors (Lipinski definition) is 0. The average molecular weight is 376 g/mol. The van der Waals surface area contributed by atoms with Crippen molar-refractivity contribution in [1.29, 1.82) is 0 Å². The summed E-state index contributed by atoms with van der Waals surface area (Å²) in [6.45, 7) is 6.78. The van der Waals surface area contributed by atoms with Crippen molar-refractivity contribution in [3.63, 3.8) is 0 Å². The first-order valence-electron chi connectivity index (χ1n) is 6.81. The Labute approximate surface area is 129 Å². The summed E-state index contributed by atoms with van der Waals surface area (Å²) < 4.78 is 0. The first-order chi connectivity index (χ1) is 8.61. The SMILES string of the molecule is CCC(CC)CC(CBr)(CBr)c1cccc(C)c1. The number of aryl methyl sites for hydroxylation is 1. The normalized spacial score (nSPS) is 12.1. The Morgan fingerprint density at radius 3 is 2.17 bits per heavy atom. The number of benzene rings is 1. The topological polar surface area (TPSA) is 0 Å². The molecule has 18 heavy (non-hydrogen) atoms. The van der Waals surface area contributed by atoms with Crippen LogP contribution < -0.4 is 0 Å². The quantitative estimate of drug-likeness (QED) is 0.524. The summed E-state index contributed by atoms with van der Waals surface area (Å²) >= 11 is 7.50. The van der Waals surface area contributed by atoms with Crippen LogP contribution in [0.2, 0.25) is 0 Å². The minimum atomic E-state index is 0.225. The smallest absolute Gasteiger partial charge is 0.0149 e. The van der Waals surface area contributed by atoms with E-state index in [-0.39, 0.29) is 5.41 Å². The van der Waals surface area contributed by atoms with Crippen molar-refractivity contribution in [2.75, 3.05) is 10.7 Å². The molecule has 0 fully saturated rings. The zero-order chi connectivity index (χ0) is 13.6. The molecule has 0 amide bonds. The summed E-state index contributed by atoms with van der Waals surface area (Å²) in [5.74, 6) is 0.806. The predicted molar refractivity (Wildman–Crippen MR) is 89.1 cm³/mol. The molecule has 0 bridgehead atoms. The van der Waals surface area contributed by atoms with Crippen molar-refractivity contribution >= 4 is 31.9 Å². The Bertz CT molecular complexity index is 352. The zero-order valence-corrected chi connectivity index (χ0v) is 14.9. The van der Waals surface area contributed by atoms with Crippen molar-refractivity contribution in [3.05, 3.63) is 35.4 Å². The van der Waals surface area contributed by atoms with Gasteiger partial charge in [0.05, 0.1) is 0 Å². The molecule has 0 nitrogen and oxygen atoms in total. The highest BCUT2D eigenvalue weighted by molar-refractivity contribution is 9.09. The van der Waals surface area contributed by atoms with E-state index in [1.54, 1.807) is 0 Å². The molecule has 0 radical (unpaired) electrons. The minimum absolute atomic E-state index is 0.225. The molecule has 0 aliphatic carbocycles. The Kier molecular flexibility index (Phi) is 6.94. The molecule has 0 spiro atoms. The summed E-state index contributed by atoms with van der Waals surface area (Å²) in [7, 11) is 0. The second kappa shape index (κ2) is 7.69. The maximum atomic E-state index is 3.75. The van der Waals surface area contributed by atoms with E-state index in [4.69, 9.17) is 0 Å². The van der Waals surface area contributed by atoms with Crippen LogP contribution >= 0.6 is 31.9 Å². The Morgan fingerprint density at radius 2 is 1.72 bits per heavy atom. The first-order valence-corrected chi connectivity index (χ1v) is 9.05. The van der Waals surface area contributed by atoms with E-state index in [9.17, 15) is 0 Å². The second-order valence-corrected chi connectivity index (χ2v) is 6.43. The lowest BCUT2D eigenvalue weighted by molar-refractivity contribution is 0.355. The van der Waals surface area contributed by atoms with Crippen LogP contribution in [-0.4, -0.2) is 10.7 Å². The summed E-state index contributed by atoms with van der Waals surface area (Å²) in [5, 5.41) is 2.04. The van der Waals surface area contributed by atoms with Gasteiger partial charge in [0, 0.05) is 16.1 Å². The van der Waals surface area contributed by atoms with Gasteiger partial charge in [-0.15, -0.1) is 0 Å². The van der Waals surface area contributed by atoms with Crippen molar-refractivity contribution in [2.45, 2.75) is 45.4 Å². The van der Waals surface area contributed by atoms with Gasteiger partial charge in [-0.3, -0.25) is 0 Å². The molecule has 0 unspecified atom stereocenters. The van der Waals surface area contributed by atoms with E-state index < -0.39 is 0 Å². The highest BCUT2D eigenvalue weighted by atomic mass is 79.9. The summed E-state index contributed by atoms with van der Waals surface area (Å²) in [6, 6.07) is 8.97. The number of alkyl halides is 2. The van der Waals surface area contributed by atoms with E-state index in [1.165, 1.54) is 30.4 Å². The van der Waals surface area contributed by atoms with Crippen molar-refractivity contribution in [1.82, 2.24) is 0 Å². The number of hydrogen-bond donors (Lipinski definition) is 0. The molecule has 0 aliphatic heterocycles.